The number of methoxy groups -OCH3 is 1. The van der Waals surface area contributed by atoms with E-state index in [2.05, 4.69) is 6.92 Å². The zero-order valence-corrected chi connectivity index (χ0v) is 11.5. The summed E-state index contributed by atoms with van der Waals surface area (Å²) >= 11 is 0. The number of allylic oxidation sites excluding steroid dienone is 1. The van der Waals surface area contributed by atoms with Gasteiger partial charge >= 0.3 is 5.97 Å². The third-order valence-corrected chi connectivity index (χ3v) is 2.79. The van der Waals surface area contributed by atoms with E-state index in [1.165, 1.54) is 26.4 Å². The molecule has 1 atom stereocenters. The molecular weight excluding hydrogens is 216 g/mol. The van der Waals surface area contributed by atoms with Crippen LogP contribution in [0.1, 0.15) is 52.9 Å². The van der Waals surface area contributed by atoms with Gasteiger partial charge in [-0.1, -0.05) is 46.1 Å². The monoisotopic (exact) mass is 242 g/mol. The van der Waals surface area contributed by atoms with Crippen molar-refractivity contribution in [2.45, 2.75) is 59.0 Å². The Kier molecular flexibility index (Phi) is 8.78. The number of rotatable bonds is 8. The summed E-state index contributed by atoms with van der Waals surface area (Å²) in [5, 5.41) is 9.92. The molecule has 100 valence electrons. The van der Waals surface area contributed by atoms with E-state index in [-0.39, 0.29) is 5.92 Å². The van der Waals surface area contributed by atoms with Gasteiger partial charge in [0.05, 0.1) is 18.8 Å². The van der Waals surface area contributed by atoms with E-state index in [0.717, 1.165) is 12.8 Å². The molecular formula is C14H26O3. The quantitative estimate of drug-likeness (QED) is 0.404. The molecule has 0 bridgehead atoms. The zero-order chi connectivity index (χ0) is 13.3. The third kappa shape index (κ3) is 6.47. The van der Waals surface area contributed by atoms with Crippen molar-refractivity contribution in [2.24, 2.45) is 5.92 Å². The molecule has 0 saturated heterocycles. The van der Waals surface area contributed by atoms with Crippen LogP contribution < -0.4 is 0 Å². The fourth-order valence-electron chi connectivity index (χ4n) is 1.63. The van der Waals surface area contributed by atoms with Gasteiger partial charge in [-0.2, -0.15) is 0 Å². The van der Waals surface area contributed by atoms with Gasteiger partial charge in [0.25, 0.3) is 0 Å². The first-order valence-corrected chi connectivity index (χ1v) is 6.51. The normalized spacial score (nSPS) is 13.9. The molecule has 0 aliphatic rings. The van der Waals surface area contributed by atoms with E-state index in [9.17, 15) is 9.90 Å². The fourth-order valence-corrected chi connectivity index (χ4v) is 1.63. The number of unbranched alkanes of at least 4 members (excludes halogenated alkanes) is 4. The molecule has 0 aliphatic heterocycles. The maximum Gasteiger partial charge on any atom is 0.336 e. The van der Waals surface area contributed by atoms with Gasteiger partial charge in [0.15, 0.2) is 0 Å². The Morgan fingerprint density at radius 2 is 1.94 bits per heavy atom. The Morgan fingerprint density at radius 3 is 2.41 bits per heavy atom. The SMILES string of the molecule is CCCCCC/C=C(/C(=O)OC)C(O)C(C)C. The van der Waals surface area contributed by atoms with Crippen molar-refractivity contribution in [1.29, 1.82) is 0 Å². The molecule has 3 nitrogen and oxygen atoms in total. The van der Waals surface area contributed by atoms with Gasteiger partial charge in [0.1, 0.15) is 0 Å². The number of esters is 1. The highest BCUT2D eigenvalue weighted by molar-refractivity contribution is 5.89. The average molecular weight is 242 g/mol. The highest BCUT2D eigenvalue weighted by Crippen LogP contribution is 2.15. The number of aliphatic hydroxyl groups excluding tert-OH is 1. The predicted molar refractivity (Wildman–Crippen MR) is 69.7 cm³/mol. The Bertz CT molecular complexity index is 244. The Hall–Kier alpha value is -0.830. The van der Waals surface area contributed by atoms with E-state index in [1.807, 2.05) is 19.9 Å². The molecule has 0 aromatic rings. The molecule has 0 aromatic carbocycles. The lowest BCUT2D eigenvalue weighted by molar-refractivity contribution is -0.137. The van der Waals surface area contributed by atoms with Crippen LogP contribution in [0.5, 0.6) is 0 Å². The summed E-state index contributed by atoms with van der Waals surface area (Å²) in [7, 11) is 1.35. The minimum Gasteiger partial charge on any atom is -0.466 e. The summed E-state index contributed by atoms with van der Waals surface area (Å²) in [5.41, 5.74) is 0.402. The van der Waals surface area contributed by atoms with Crippen LogP contribution in [-0.4, -0.2) is 24.3 Å². The van der Waals surface area contributed by atoms with Crippen LogP contribution in [0.2, 0.25) is 0 Å². The number of aliphatic hydroxyl groups is 1. The first-order chi connectivity index (χ1) is 8.04. The molecule has 0 saturated carbocycles. The molecule has 0 amide bonds. The molecule has 17 heavy (non-hydrogen) atoms. The van der Waals surface area contributed by atoms with Gasteiger partial charge in [0.2, 0.25) is 0 Å². The molecule has 0 spiro atoms. The summed E-state index contributed by atoms with van der Waals surface area (Å²) < 4.78 is 4.69. The van der Waals surface area contributed by atoms with Gasteiger partial charge in [-0.05, 0) is 18.8 Å². The van der Waals surface area contributed by atoms with Crippen molar-refractivity contribution in [2.75, 3.05) is 7.11 Å². The number of hydrogen-bond donors (Lipinski definition) is 1. The summed E-state index contributed by atoms with van der Waals surface area (Å²) in [4.78, 5) is 11.5. The van der Waals surface area contributed by atoms with Crippen LogP contribution in [-0.2, 0) is 9.53 Å². The molecule has 1 N–H and O–H groups in total. The van der Waals surface area contributed by atoms with Crippen molar-refractivity contribution in [3.63, 3.8) is 0 Å². The van der Waals surface area contributed by atoms with E-state index < -0.39 is 12.1 Å². The van der Waals surface area contributed by atoms with Crippen molar-refractivity contribution in [3.8, 4) is 0 Å². The minimum absolute atomic E-state index is 0.0241. The molecule has 0 rings (SSSR count). The number of hydrogen-bond acceptors (Lipinski definition) is 3. The van der Waals surface area contributed by atoms with Crippen molar-refractivity contribution in [1.82, 2.24) is 0 Å². The Labute approximate surface area is 105 Å². The zero-order valence-electron chi connectivity index (χ0n) is 11.5. The van der Waals surface area contributed by atoms with Gasteiger partial charge in [-0.15, -0.1) is 0 Å². The molecule has 0 fully saturated rings. The number of carbonyl (C=O) groups excluding carboxylic acids is 1. The van der Waals surface area contributed by atoms with Gasteiger partial charge in [0, 0.05) is 0 Å². The van der Waals surface area contributed by atoms with E-state index in [4.69, 9.17) is 4.74 Å². The van der Waals surface area contributed by atoms with Crippen LogP contribution in [0.3, 0.4) is 0 Å². The summed E-state index contributed by atoms with van der Waals surface area (Å²) in [6.45, 7) is 5.94. The highest BCUT2D eigenvalue weighted by Gasteiger charge is 2.21. The van der Waals surface area contributed by atoms with Gasteiger partial charge < -0.3 is 9.84 Å². The fraction of sp³-hybridized carbons (Fsp3) is 0.786. The third-order valence-electron chi connectivity index (χ3n) is 2.79. The second-order valence-electron chi connectivity index (χ2n) is 4.69. The first kappa shape index (κ1) is 16.2. The first-order valence-electron chi connectivity index (χ1n) is 6.51. The molecule has 0 aliphatic carbocycles. The molecule has 1 unspecified atom stereocenters. The molecule has 3 heteroatoms. The summed E-state index contributed by atoms with van der Waals surface area (Å²) in [6.07, 6.45) is 6.56. The highest BCUT2D eigenvalue weighted by atomic mass is 16.5. The summed E-state index contributed by atoms with van der Waals surface area (Å²) in [6, 6.07) is 0. The standard InChI is InChI=1S/C14H26O3/c1-5-6-7-8-9-10-12(14(16)17-4)13(15)11(2)3/h10-11,13,15H,5-9H2,1-4H3/b12-10+. The molecule has 0 aromatic heterocycles. The molecule has 0 radical (unpaired) electrons. The number of carbonyl (C=O) groups is 1. The van der Waals surface area contributed by atoms with Crippen molar-refractivity contribution < 1.29 is 14.6 Å². The lowest BCUT2D eigenvalue weighted by Crippen LogP contribution is -2.24. The Morgan fingerprint density at radius 1 is 1.29 bits per heavy atom. The topological polar surface area (TPSA) is 46.5 Å². The summed E-state index contributed by atoms with van der Waals surface area (Å²) in [5.74, 6) is -0.391. The van der Waals surface area contributed by atoms with E-state index in [1.54, 1.807) is 0 Å². The second kappa shape index (κ2) is 9.23. The second-order valence-corrected chi connectivity index (χ2v) is 4.69. The van der Waals surface area contributed by atoms with E-state index >= 15 is 0 Å². The van der Waals surface area contributed by atoms with Crippen LogP contribution >= 0.6 is 0 Å². The van der Waals surface area contributed by atoms with Gasteiger partial charge in [-0.25, -0.2) is 4.79 Å². The lowest BCUT2D eigenvalue weighted by atomic mass is 9.97. The van der Waals surface area contributed by atoms with Crippen molar-refractivity contribution in [3.05, 3.63) is 11.6 Å². The van der Waals surface area contributed by atoms with Gasteiger partial charge in [-0.3, -0.25) is 0 Å². The maximum atomic E-state index is 11.5. The Balaban J connectivity index is 4.37. The van der Waals surface area contributed by atoms with E-state index in [0.29, 0.717) is 5.57 Å². The lowest BCUT2D eigenvalue weighted by Gasteiger charge is -2.16. The van der Waals surface area contributed by atoms with Crippen LogP contribution in [0, 0.1) is 5.92 Å². The van der Waals surface area contributed by atoms with Crippen LogP contribution in [0.4, 0.5) is 0 Å². The number of ether oxygens (including phenoxy) is 1. The van der Waals surface area contributed by atoms with Crippen molar-refractivity contribution >= 4 is 5.97 Å². The predicted octanol–water partition coefficient (Wildman–Crippen LogP) is 3.07. The maximum absolute atomic E-state index is 11.5. The molecule has 0 heterocycles. The van der Waals surface area contributed by atoms with Crippen LogP contribution in [0.15, 0.2) is 11.6 Å². The van der Waals surface area contributed by atoms with Crippen LogP contribution in [0.25, 0.3) is 0 Å². The smallest absolute Gasteiger partial charge is 0.336 e. The largest absolute Gasteiger partial charge is 0.466 e. The minimum atomic E-state index is -0.728. The average Bonchev–Trinajstić information content (AvgIpc) is 2.32.